The fraction of sp³-hybridized carbons (Fsp3) is 0.542. The maximum absolute atomic E-state index is 13.9. The first-order chi connectivity index (χ1) is 18.1. The van der Waals surface area contributed by atoms with Crippen LogP contribution >= 0.6 is 0 Å². The van der Waals surface area contributed by atoms with Gasteiger partial charge in [-0.2, -0.15) is 13.2 Å². The topological polar surface area (TPSA) is 137 Å². The number of carbonyl (C=O) groups is 2. The average molecular weight is 578 g/mol. The Morgan fingerprint density at radius 3 is 2.51 bits per heavy atom. The van der Waals surface area contributed by atoms with Gasteiger partial charge in [0.25, 0.3) is 15.9 Å². The summed E-state index contributed by atoms with van der Waals surface area (Å²) < 4.78 is 85.5. The lowest BCUT2D eigenvalue weighted by Gasteiger charge is -2.35. The van der Waals surface area contributed by atoms with Crippen molar-refractivity contribution in [1.29, 1.82) is 0 Å². The molecule has 0 amide bonds. The minimum atomic E-state index is -4.79. The van der Waals surface area contributed by atoms with Gasteiger partial charge in [0.15, 0.2) is 4.90 Å². The summed E-state index contributed by atoms with van der Waals surface area (Å²) in [4.78, 5) is 23.2. The molecule has 0 bridgehead atoms. The Morgan fingerprint density at radius 2 is 1.92 bits per heavy atom. The summed E-state index contributed by atoms with van der Waals surface area (Å²) in [6, 6.07) is 4.08. The number of aryl methyl sites for hydroxylation is 1. The Bertz CT molecular complexity index is 1320. The number of carboxylic acid groups (broad SMARTS) is 1. The van der Waals surface area contributed by atoms with Crippen LogP contribution in [0, 0.1) is 0 Å². The number of benzene rings is 1. The Kier molecular flexibility index (Phi) is 8.72. The summed E-state index contributed by atoms with van der Waals surface area (Å²) in [5.74, 6) is -2.28. The number of nitrogens with zero attached hydrogens (tertiary/aromatic N) is 3. The van der Waals surface area contributed by atoms with Crippen molar-refractivity contribution in [2.24, 2.45) is 0 Å². The zero-order chi connectivity index (χ0) is 29.2. The van der Waals surface area contributed by atoms with Crippen LogP contribution in [0.1, 0.15) is 46.1 Å². The van der Waals surface area contributed by atoms with E-state index in [-0.39, 0.29) is 53.8 Å². The minimum absolute atomic E-state index is 0.00787. The number of sulfonamides is 1. The molecule has 0 saturated carbocycles. The molecule has 2 heterocycles. The molecule has 0 radical (unpaired) electrons. The van der Waals surface area contributed by atoms with Gasteiger partial charge in [-0.25, -0.2) is 8.42 Å². The van der Waals surface area contributed by atoms with Crippen LogP contribution in [0.5, 0.6) is 11.6 Å². The van der Waals surface area contributed by atoms with Crippen molar-refractivity contribution in [2.45, 2.75) is 76.3 Å². The molecular weight excluding hydrogens is 547 g/mol. The number of hydrogen-bond acceptors (Lipinski definition) is 8. The number of carbonyl (C=O) groups excluding carboxylic acids is 1. The van der Waals surface area contributed by atoms with Gasteiger partial charge in [0.05, 0.1) is 25.3 Å². The number of fused-ring (bicyclic) bond motifs is 1. The van der Waals surface area contributed by atoms with Crippen LogP contribution in [0.25, 0.3) is 0 Å². The largest absolute Gasteiger partial charge is 0.486 e. The Hall–Kier alpha value is -3.49. The summed E-state index contributed by atoms with van der Waals surface area (Å²) >= 11 is 0. The van der Waals surface area contributed by atoms with E-state index < -0.39 is 46.3 Å². The molecule has 0 unspecified atom stereocenters. The number of ether oxygens (including phenoxy) is 3. The molecule has 216 valence electrons. The van der Waals surface area contributed by atoms with Gasteiger partial charge in [-0.3, -0.25) is 18.6 Å². The lowest BCUT2D eigenvalue weighted by atomic mass is 10.1. The highest BCUT2D eigenvalue weighted by Crippen LogP contribution is 2.40. The van der Waals surface area contributed by atoms with E-state index in [4.69, 9.17) is 14.6 Å². The molecule has 11 nitrogen and oxygen atoms in total. The number of rotatable bonds is 11. The quantitative estimate of drug-likeness (QED) is 0.398. The highest BCUT2D eigenvalue weighted by Gasteiger charge is 2.50. The predicted molar refractivity (Wildman–Crippen MR) is 131 cm³/mol. The van der Waals surface area contributed by atoms with E-state index in [1.54, 1.807) is 13.8 Å². The fourth-order valence-corrected chi connectivity index (χ4v) is 5.33. The molecule has 1 aliphatic heterocycles. The highest BCUT2D eigenvalue weighted by molar-refractivity contribution is 7.93. The molecule has 0 spiro atoms. The number of anilines is 1. The Labute approximate surface area is 223 Å². The van der Waals surface area contributed by atoms with Crippen molar-refractivity contribution in [3.05, 3.63) is 30.0 Å². The molecule has 39 heavy (non-hydrogen) atoms. The van der Waals surface area contributed by atoms with Crippen LogP contribution in [-0.4, -0.2) is 66.3 Å². The fourth-order valence-electron chi connectivity index (χ4n) is 3.75. The minimum Gasteiger partial charge on any atom is -0.486 e. The molecule has 15 heteroatoms. The third-order valence-corrected chi connectivity index (χ3v) is 7.67. The number of carboxylic acids is 1. The van der Waals surface area contributed by atoms with Crippen molar-refractivity contribution in [3.8, 4) is 11.6 Å². The predicted octanol–water partition coefficient (Wildman–Crippen LogP) is 3.55. The molecule has 2 aromatic rings. The zero-order valence-corrected chi connectivity index (χ0v) is 22.6. The van der Waals surface area contributed by atoms with Gasteiger partial charge in [-0.05, 0) is 51.8 Å². The van der Waals surface area contributed by atoms with Crippen molar-refractivity contribution < 1.29 is 50.5 Å². The standard InChI is InChI=1S/C24H30F3N3O8S/c1-5-29-14-19(22(28-29)36-6-2)39(34,35)30-13-16(8-10-20(31)32)37-18-9-7-15(11-17(18)30)12-21(33)38-23(3,4)24(25,26)27/h7,9,11,14,16H,5-6,8,10,12-13H2,1-4H3,(H,31,32)/t16-/m0/s1. The van der Waals surface area contributed by atoms with Crippen molar-refractivity contribution in [2.75, 3.05) is 17.5 Å². The molecule has 0 aliphatic carbocycles. The van der Waals surface area contributed by atoms with E-state index in [0.717, 1.165) is 18.2 Å². The van der Waals surface area contributed by atoms with Crippen molar-refractivity contribution in [3.63, 3.8) is 0 Å². The maximum atomic E-state index is 13.9. The van der Waals surface area contributed by atoms with E-state index in [0.29, 0.717) is 6.54 Å². The van der Waals surface area contributed by atoms with Gasteiger partial charge < -0.3 is 19.3 Å². The average Bonchev–Trinajstić information content (AvgIpc) is 3.25. The van der Waals surface area contributed by atoms with Crippen LogP contribution < -0.4 is 13.8 Å². The third kappa shape index (κ3) is 6.75. The first-order valence-corrected chi connectivity index (χ1v) is 13.6. The van der Waals surface area contributed by atoms with Crippen molar-refractivity contribution in [1.82, 2.24) is 9.78 Å². The van der Waals surface area contributed by atoms with E-state index in [2.05, 4.69) is 9.84 Å². The van der Waals surface area contributed by atoms with Crippen LogP contribution in [0.2, 0.25) is 0 Å². The molecule has 1 N–H and O–H groups in total. The maximum Gasteiger partial charge on any atom is 0.427 e. The van der Waals surface area contributed by atoms with Crippen LogP contribution in [0.4, 0.5) is 18.9 Å². The molecule has 0 saturated heterocycles. The van der Waals surface area contributed by atoms with E-state index >= 15 is 0 Å². The molecule has 3 rings (SSSR count). The van der Waals surface area contributed by atoms with Crippen LogP contribution in [0.15, 0.2) is 29.3 Å². The molecule has 1 atom stereocenters. The van der Waals surface area contributed by atoms with Gasteiger partial charge in [0.2, 0.25) is 5.60 Å². The third-order valence-electron chi connectivity index (χ3n) is 5.90. The van der Waals surface area contributed by atoms with Crippen LogP contribution in [-0.2, 0) is 37.3 Å². The lowest BCUT2D eigenvalue weighted by molar-refractivity contribution is -0.257. The molecule has 1 aromatic carbocycles. The zero-order valence-electron chi connectivity index (χ0n) is 21.8. The SMILES string of the molecule is CCOc1nn(CC)cc1S(=O)(=O)N1C[C@H](CCC(=O)O)Oc2ccc(CC(=O)OC(C)(C)C(F)(F)F)cc21. The Morgan fingerprint density at radius 1 is 1.23 bits per heavy atom. The smallest absolute Gasteiger partial charge is 0.427 e. The lowest BCUT2D eigenvalue weighted by Crippen LogP contribution is -2.44. The van der Waals surface area contributed by atoms with Gasteiger partial charge in [-0.15, -0.1) is 5.10 Å². The molecule has 1 aromatic heterocycles. The van der Waals surface area contributed by atoms with Crippen molar-refractivity contribution >= 4 is 27.6 Å². The summed E-state index contributed by atoms with van der Waals surface area (Å²) in [5.41, 5.74) is -2.52. The summed E-state index contributed by atoms with van der Waals surface area (Å²) in [6.45, 7) is 5.12. The number of hydrogen-bond donors (Lipinski definition) is 1. The van der Waals surface area contributed by atoms with Gasteiger partial charge in [0.1, 0.15) is 11.9 Å². The van der Waals surface area contributed by atoms with E-state index in [1.165, 1.54) is 29.1 Å². The van der Waals surface area contributed by atoms with Gasteiger partial charge in [-0.1, -0.05) is 6.07 Å². The summed E-state index contributed by atoms with van der Waals surface area (Å²) in [5, 5.41) is 13.2. The first-order valence-electron chi connectivity index (χ1n) is 12.1. The van der Waals surface area contributed by atoms with E-state index in [1.807, 2.05) is 0 Å². The van der Waals surface area contributed by atoms with Gasteiger partial charge >= 0.3 is 18.1 Å². The highest BCUT2D eigenvalue weighted by atomic mass is 32.2. The number of esters is 1. The normalized spacial score (nSPS) is 15.9. The molecule has 0 fully saturated rings. The number of halogens is 3. The van der Waals surface area contributed by atoms with E-state index in [9.17, 15) is 31.2 Å². The van der Waals surface area contributed by atoms with Gasteiger partial charge in [0, 0.05) is 19.2 Å². The summed E-state index contributed by atoms with van der Waals surface area (Å²) in [7, 11) is -4.35. The first kappa shape index (κ1) is 30.1. The Balaban J connectivity index is 2.01. The van der Waals surface area contributed by atoms with Crippen LogP contribution in [0.3, 0.4) is 0 Å². The molecule has 1 aliphatic rings. The number of aliphatic carboxylic acids is 1. The molecular formula is C24H30F3N3O8S. The monoisotopic (exact) mass is 577 g/mol. The second kappa shape index (κ2) is 11.3. The second-order valence-corrected chi connectivity index (χ2v) is 11.1. The summed E-state index contributed by atoms with van der Waals surface area (Å²) in [6.07, 6.45) is -5.13. The number of alkyl halides is 3. The number of aromatic nitrogens is 2. The second-order valence-electron chi connectivity index (χ2n) is 9.26.